The summed E-state index contributed by atoms with van der Waals surface area (Å²) in [6, 6.07) is 4.17. The van der Waals surface area contributed by atoms with Crippen LogP contribution in [-0.4, -0.2) is 36.9 Å². The molecule has 27 heavy (non-hydrogen) atoms. The highest BCUT2D eigenvalue weighted by Crippen LogP contribution is 2.26. The molecule has 5 nitrogen and oxygen atoms in total. The van der Waals surface area contributed by atoms with Crippen LogP contribution in [0.25, 0.3) is 22.6 Å². The van der Waals surface area contributed by atoms with Crippen LogP contribution in [0.2, 0.25) is 0 Å². The van der Waals surface area contributed by atoms with Gasteiger partial charge in [0.05, 0.1) is 16.9 Å². The first-order valence-corrected chi connectivity index (χ1v) is 10.3. The van der Waals surface area contributed by atoms with Crippen LogP contribution in [0.1, 0.15) is 64.8 Å². The summed E-state index contributed by atoms with van der Waals surface area (Å²) in [5.41, 5.74) is 5.67. The number of hydrogen-bond acceptors (Lipinski definition) is 3. The van der Waals surface area contributed by atoms with E-state index < -0.39 is 0 Å². The monoisotopic (exact) mass is 367 g/mol. The molecule has 0 aliphatic carbocycles. The average molecular weight is 368 g/mol. The van der Waals surface area contributed by atoms with Crippen molar-refractivity contribution < 1.29 is 0 Å². The molecular weight excluding hydrogens is 334 g/mol. The van der Waals surface area contributed by atoms with Crippen LogP contribution in [0.3, 0.4) is 0 Å². The first-order chi connectivity index (χ1) is 13.1. The number of rotatable bonds is 9. The molecule has 3 aromatic rings. The van der Waals surface area contributed by atoms with Crippen LogP contribution in [0.15, 0.2) is 24.4 Å². The van der Waals surface area contributed by atoms with Crippen molar-refractivity contribution in [2.75, 3.05) is 13.1 Å². The lowest BCUT2D eigenvalue weighted by Gasteiger charge is -2.22. The molecule has 3 heterocycles. The van der Waals surface area contributed by atoms with Gasteiger partial charge in [0.1, 0.15) is 0 Å². The molecule has 3 rings (SSSR count). The molecule has 0 bridgehead atoms. The van der Waals surface area contributed by atoms with E-state index in [0.717, 1.165) is 48.0 Å². The van der Waals surface area contributed by atoms with E-state index in [1.807, 2.05) is 12.3 Å². The largest absolute Gasteiger partial charge is 0.298 e. The topological polar surface area (TPSA) is 38.4 Å². The quantitative estimate of drug-likeness (QED) is 0.517. The third kappa shape index (κ3) is 3.79. The summed E-state index contributed by atoms with van der Waals surface area (Å²) in [5.74, 6) is 0.970. The molecule has 146 valence electrons. The summed E-state index contributed by atoms with van der Waals surface area (Å²) >= 11 is 0. The van der Waals surface area contributed by atoms with Crippen molar-refractivity contribution >= 4 is 22.6 Å². The second-order valence-electron chi connectivity index (χ2n) is 7.37. The highest BCUT2D eigenvalue weighted by atomic mass is 15.3. The van der Waals surface area contributed by atoms with E-state index in [1.54, 1.807) is 0 Å². The Hall–Kier alpha value is -2.14. The zero-order valence-electron chi connectivity index (χ0n) is 17.5. The minimum atomic E-state index is 0.940. The number of allylic oxidation sites excluding steroid dienone is 2. The van der Waals surface area contributed by atoms with Gasteiger partial charge in [-0.15, -0.1) is 0 Å². The van der Waals surface area contributed by atoms with Crippen LogP contribution < -0.4 is 0 Å². The Labute approximate surface area is 162 Å². The molecule has 0 atom stereocenters. The molecule has 0 spiro atoms. The average Bonchev–Trinajstić information content (AvgIpc) is 3.16. The Morgan fingerprint density at radius 3 is 2.52 bits per heavy atom. The fourth-order valence-electron chi connectivity index (χ4n) is 3.66. The van der Waals surface area contributed by atoms with Gasteiger partial charge in [-0.1, -0.05) is 32.8 Å². The maximum Gasteiger partial charge on any atom is 0.221 e. The number of aromatic nitrogens is 4. The fraction of sp³-hybridized carbons (Fsp3) is 0.545. The van der Waals surface area contributed by atoms with Crippen molar-refractivity contribution in [1.82, 2.24) is 23.8 Å². The van der Waals surface area contributed by atoms with Gasteiger partial charge < -0.3 is 0 Å². The number of aryl methyl sites for hydroxylation is 1. The summed E-state index contributed by atoms with van der Waals surface area (Å²) in [6.45, 7) is 14.1. The molecule has 3 aromatic heterocycles. The summed E-state index contributed by atoms with van der Waals surface area (Å²) < 4.78 is 4.49. The number of fused-ring (bicyclic) bond motifs is 3. The lowest BCUT2D eigenvalue weighted by Crippen LogP contribution is -2.26. The highest BCUT2D eigenvalue weighted by molar-refractivity contribution is 5.82. The minimum absolute atomic E-state index is 0.940. The van der Waals surface area contributed by atoms with Crippen LogP contribution in [-0.2, 0) is 6.54 Å². The summed E-state index contributed by atoms with van der Waals surface area (Å²) in [7, 11) is 0. The van der Waals surface area contributed by atoms with Gasteiger partial charge in [0.15, 0.2) is 5.65 Å². The second kappa shape index (κ2) is 8.70. The third-order valence-corrected chi connectivity index (χ3v) is 5.37. The van der Waals surface area contributed by atoms with Crippen molar-refractivity contribution in [2.45, 2.75) is 66.8 Å². The van der Waals surface area contributed by atoms with Crippen molar-refractivity contribution in [3.63, 3.8) is 0 Å². The molecule has 0 aliphatic heterocycles. The van der Waals surface area contributed by atoms with Gasteiger partial charge in [0.2, 0.25) is 5.78 Å². The molecule has 0 saturated heterocycles. The molecule has 5 heteroatoms. The normalized spacial score (nSPS) is 12.7. The number of nitrogens with zero attached hydrogens (tertiary/aromatic N) is 5. The maximum absolute atomic E-state index is 4.95. The Bertz CT molecular complexity index is 923. The molecule has 0 fully saturated rings. The molecular formula is C22H33N5. The van der Waals surface area contributed by atoms with Gasteiger partial charge in [-0.25, -0.2) is 9.97 Å². The van der Waals surface area contributed by atoms with Crippen molar-refractivity contribution in [3.05, 3.63) is 35.8 Å². The molecule has 0 radical (unpaired) electrons. The summed E-state index contributed by atoms with van der Waals surface area (Å²) in [5, 5.41) is 0. The van der Waals surface area contributed by atoms with Crippen LogP contribution in [0.4, 0.5) is 0 Å². The fourth-order valence-corrected chi connectivity index (χ4v) is 3.66. The Morgan fingerprint density at radius 1 is 1.19 bits per heavy atom. The predicted octanol–water partition coefficient (Wildman–Crippen LogP) is 5.28. The Kier molecular flexibility index (Phi) is 6.32. The first-order valence-electron chi connectivity index (χ1n) is 10.3. The Morgan fingerprint density at radius 2 is 1.89 bits per heavy atom. The van der Waals surface area contributed by atoms with Crippen molar-refractivity contribution in [3.8, 4) is 0 Å². The third-order valence-electron chi connectivity index (χ3n) is 5.37. The summed E-state index contributed by atoms with van der Waals surface area (Å²) in [6.07, 6.45) is 8.92. The molecule has 0 aromatic carbocycles. The van der Waals surface area contributed by atoms with Crippen LogP contribution in [0, 0.1) is 6.92 Å². The van der Waals surface area contributed by atoms with Gasteiger partial charge in [-0.3, -0.25) is 13.9 Å². The van der Waals surface area contributed by atoms with E-state index in [1.165, 1.54) is 31.4 Å². The lowest BCUT2D eigenvalue weighted by molar-refractivity contribution is 0.253. The van der Waals surface area contributed by atoms with E-state index >= 15 is 0 Å². The van der Waals surface area contributed by atoms with E-state index in [9.17, 15) is 0 Å². The maximum atomic E-state index is 4.95. The smallest absolute Gasteiger partial charge is 0.221 e. The highest BCUT2D eigenvalue weighted by Gasteiger charge is 2.21. The molecule has 0 aliphatic rings. The van der Waals surface area contributed by atoms with E-state index in [4.69, 9.17) is 4.98 Å². The number of imidazole rings is 2. The van der Waals surface area contributed by atoms with Crippen molar-refractivity contribution in [1.29, 1.82) is 0 Å². The first kappa shape index (κ1) is 19.6. The van der Waals surface area contributed by atoms with Gasteiger partial charge in [-0.05, 0) is 58.8 Å². The van der Waals surface area contributed by atoms with Crippen molar-refractivity contribution in [2.24, 2.45) is 0 Å². The molecule has 0 N–H and O–H groups in total. The van der Waals surface area contributed by atoms with Crippen LogP contribution in [0.5, 0.6) is 0 Å². The summed E-state index contributed by atoms with van der Waals surface area (Å²) in [4.78, 5) is 12.2. The number of unbranched alkanes of at least 4 members (excludes halogenated alkanes) is 2. The second-order valence-corrected chi connectivity index (χ2v) is 7.37. The molecule has 0 unspecified atom stereocenters. The van der Waals surface area contributed by atoms with E-state index in [0.29, 0.717) is 0 Å². The molecule has 0 saturated carbocycles. The standard InChI is InChI=1S/C22H33N5/c1-6-9-14-25(15-10-7-2)16-20-18(5)24-22-26(17(4)8-3)21-19(27(20)22)12-11-13-23-21/h8,11-13H,6-7,9-10,14-16H2,1-5H3/b17-8+. The lowest BCUT2D eigenvalue weighted by atomic mass is 10.2. The SMILES string of the molecule is C/C=C(\C)n1c2ncccc2n2c(CN(CCCC)CCCC)c(C)nc12. The number of pyridine rings is 1. The minimum Gasteiger partial charge on any atom is -0.298 e. The zero-order chi connectivity index (χ0) is 19.4. The van der Waals surface area contributed by atoms with Gasteiger partial charge in [-0.2, -0.15) is 0 Å². The van der Waals surface area contributed by atoms with Gasteiger partial charge in [0.25, 0.3) is 0 Å². The van der Waals surface area contributed by atoms with E-state index in [2.05, 4.69) is 65.6 Å². The van der Waals surface area contributed by atoms with Gasteiger partial charge >= 0.3 is 0 Å². The predicted molar refractivity (Wildman–Crippen MR) is 114 cm³/mol. The van der Waals surface area contributed by atoms with Crippen LogP contribution >= 0.6 is 0 Å². The van der Waals surface area contributed by atoms with Gasteiger partial charge in [0, 0.05) is 18.4 Å². The number of hydrogen-bond donors (Lipinski definition) is 0. The molecule has 0 amide bonds. The van der Waals surface area contributed by atoms with E-state index in [-0.39, 0.29) is 0 Å². The Balaban J connectivity index is 2.11. The zero-order valence-corrected chi connectivity index (χ0v) is 17.5.